The summed E-state index contributed by atoms with van der Waals surface area (Å²) in [6.07, 6.45) is 81.4. The summed E-state index contributed by atoms with van der Waals surface area (Å²) in [5.74, 6) is -0.894. The fourth-order valence-corrected chi connectivity index (χ4v) is 8.48. The molecule has 418 valence electrons. The van der Waals surface area contributed by atoms with Crippen LogP contribution in [-0.4, -0.2) is 37.2 Å². The normalized spacial score (nSPS) is 12.8. The molecule has 6 heteroatoms. The minimum absolute atomic E-state index is 0.0802. The van der Waals surface area contributed by atoms with Crippen LogP contribution in [0, 0.1) is 0 Å². The van der Waals surface area contributed by atoms with Crippen molar-refractivity contribution >= 4 is 17.9 Å². The van der Waals surface area contributed by atoms with E-state index in [0.29, 0.717) is 19.3 Å². The van der Waals surface area contributed by atoms with Crippen LogP contribution >= 0.6 is 0 Å². The number of hydrogen-bond donors (Lipinski definition) is 0. The molecule has 0 saturated carbocycles. The molecule has 0 radical (unpaired) electrons. The van der Waals surface area contributed by atoms with Crippen molar-refractivity contribution in [1.82, 2.24) is 0 Å². The third kappa shape index (κ3) is 59.1. The highest BCUT2D eigenvalue weighted by molar-refractivity contribution is 5.71. The Morgan fingerprint density at radius 3 is 0.849 bits per heavy atom. The number of carbonyl (C=O) groups excluding carboxylic acids is 3. The van der Waals surface area contributed by atoms with E-state index in [1.807, 2.05) is 0 Å². The number of carbonyl (C=O) groups is 3. The minimum Gasteiger partial charge on any atom is -0.462 e. The number of rotatable bonds is 55. The lowest BCUT2D eigenvalue weighted by atomic mass is 10.1. The number of allylic oxidation sites excluding steroid dienone is 16. The van der Waals surface area contributed by atoms with Crippen LogP contribution in [0.4, 0.5) is 0 Å². The summed E-state index contributed by atoms with van der Waals surface area (Å²) < 4.78 is 16.8. The van der Waals surface area contributed by atoms with Gasteiger partial charge in [-0.1, -0.05) is 266 Å². The molecular weight excluding hydrogens is 901 g/mol. The molecule has 0 N–H and O–H groups in total. The molecule has 6 nitrogen and oxygen atoms in total. The second-order valence-corrected chi connectivity index (χ2v) is 20.2. The number of ether oxygens (including phenoxy) is 3. The van der Waals surface area contributed by atoms with Crippen LogP contribution < -0.4 is 0 Å². The predicted octanol–water partition coefficient (Wildman–Crippen LogP) is 20.9. The van der Waals surface area contributed by atoms with Gasteiger partial charge in [-0.25, -0.2) is 0 Å². The van der Waals surface area contributed by atoms with E-state index < -0.39 is 6.10 Å². The van der Waals surface area contributed by atoms with Gasteiger partial charge < -0.3 is 14.2 Å². The van der Waals surface area contributed by atoms with Crippen molar-refractivity contribution in [2.75, 3.05) is 13.2 Å². The summed E-state index contributed by atoms with van der Waals surface area (Å²) in [7, 11) is 0. The Balaban J connectivity index is 4.17. The van der Waals surface area contributed by atoms with Gasteiger partial charge in [0.2, 0.25) is 0 Å². The summed E-state index contributed by atoms with van der Waals surface area (Å²) in [5, 5.41) is 0. The average Bonchev–Trinajstić information content (AvgIpc) is 3.39. The van der Waals surface area contributed by atoms with Gasteiger partial charge in [0, 0.05) is 19.3 Å². The zero-order valence-electron chi connectivity index (χ0n) is 47.9. The molecule has 1 atom stereocenters. The second kappa shape index (κ2) is 60.9. The molecule has 0 heterocycles. The van der Waals surface area contributed by atoms with Gasteiger partial charge in [0.25, 0.3) is 0 Å². The molecule has 0 aromatic heterocycles. The standard InChI is InChI=1S/C67H114O6/c1-4-7-10-13-16-19-21-23-25-27-28-29-30-31-32-33-34-35-36-37-38-39-40-41-43-44-46-48-51-54-57-60-66(69)72-63-64(62-71-65(68)59-56-53-50-18-15-12-9-6-3)73-67(70)61-58-55-52-49-47-45-42-26-24-22-20-17-14-11-8-5-2/h7,10,16,19,23,25-26,28-29,31-32,34-35,37-38,42,64H,4-6,8-9,11-15,17-18,20-22,24,27,30,33,36,39-41,43-63H2,1-3H3/b10-7-,19-16-,25-23-,29-28-,32-31-,35-34-,38-37-,42-26-. The molecule has 0 rings (SSSR count). The molecule has 0 spiro atoms. The summed E-state index contributed by atoms with van der Waals surface area (Å²) in [6, 6.07) is 0. The monoisotopic (exact) mass is 1010 g/mol. The van der Waals surface area contributed by atoms with Crippen LogP contribution in [0.2, 0.25) is 0 Å². The van der Waals surface area contributed by atoms with Crippen LogP contribution in [0.15, 0.2) is 97.2 Å². The molecule has 1 unspecified atom stereocenters. The fourth-order valence-electron chi connectivity index (χ4n) is 8.48. The molecule has 73 heavy (non-hydrogen) atoms. The first kappa shape index (κ1) is 69.3. The first-order valence-corrected chi connectivity index (χ1v) is 30.7. The van der Waals surface area contributed by atoms with E-state index in [1.54, 1.807) is 0 Å². The van der Waals surface area contributed by atoms with E-state index in [2.05, 4.69) is 118 Å². The second-order valence-electron chi connectivity index (χ2n) is 20.2. The maximum Gasteiger partial charge on any atom is 0.306 e. The van der Waals surface area contributed by atoms with Crippen LogP contribution in [0.5, 0.6) is 0 Å². The van der Waals surface area contributed by atoms with Crippen LogP contribution in [0.3, 0.4) is 0 Å². The highest BCUT2D eigenvalue weighted by Crippen LogP contribution is 2.15. The lowest BCUT2D eigenvalue weighted by Gasteiger charge is -2.18. The molecule has 0 amide bonds. The Labute approximate surface area is 451 Å². The molecule has 0 bridgehead atoms. The van der Waals surface area contributed by atoms with Crippen molar-refractivity contribution in [3.63, 3.8) is 0 Å². The minimum atomic E-state index is -0.781. The number of hydrogen-bond acceptors (Lipinski definition) is 6. The third-order valence-electron chi connectivity index (χ3n) is 13.1. The van der Waals surface area contributed by atoms with Gasteiger partial charge in [0.15, 0.2) is 6.10 Å². The highest BCUT2D eigenvalue weighted by Gasteiger charge is 2.19. The molecule has 0 aliphatic rings. The Bertz CT molecular complexity index is 1440. The SMILES string of the molecule is CC/C=C\C/C=C\C/C=C\C/C=C\C/C=C\C/C=C\C/C=C\CCCCCCCCCCCC(=O)OCC(COC(=O)CCCCCCCCCC)OC(=O)CCCCCCC/C=C\CCCCCCCCC. The molecular formula is C67H114O6. The summed E-state index contributed by atoms with van der Waals surface area (Å²) in [5.41, 5.74) is 0. The molecule has 0 fully saturated rings. The van der Waals surface area contributed by atoms with E-state index in [0.717, 1.165) is 122 Å². The summed E-state index contributed by atoms with van der Waals surface area (Å²) in [4.78, 5) is 38.0. The molecule has 0 saturated heterocycles. The summed E-state index contributed by atoms with van der Waals surface area (Å²) >= 11 is 0. The molecule has 0 aromatic carbocycles. The Morgan fingerprint density at radius 1 is 0.288 bits per heavy atom. The Hall–Kier alpha value is -3.67. The summed E-state index contributed by atoms with van der Waals surface area (Å²) in [6.45, 7) is 6.49. The van der Waals surface area contributed by atoms with E-state index in [-0.39, 0.29) is 31.1 Å². The van der Waals surface area contributed by atoms with E-state index in [4.69, 9.17) is 14.2 Å². The largest absolute Gasteiger partial charge is 0.462 e. The highest BCUT2D eigenvalue weighted by atomic mass is 16.6. The van der Waals surface area contributed by atoms with Gasteiger partial charge >= 0.3 is 17.9 Å². The first-order chi connectivity index (χ1) is 36.0. The van der Waals surface area contributed by atoms with Gasteiger partial charge in [-0.15, -0.1) is 0 Å². The lowest BCUT2D eigenvalue weighted by Crippen LogP contribution is -2.30. The topological polar surface area (TPSA) is 78.9 Å². The Morgan fingerprint density at radius 2 is 0.534 bits per heavy atom. The van der Waals surface area contributed by atoms with Crippen molar-refractivity contribution in [3.8, 4) is 0 Å². The number of unbranched alkanes of at least 4 members (excludes halogenated alkanes) is 28. The van der Waals surface area contributed by atoms with Gasteiger partial charge in [0.1, 0.15) is 13.2 Å². The van der Waals surface area contributed by atoms with Crippen LogP contribution in [-0.2, 0) is 28.6 Å². The average molecular weight is 1020 g/mol. The fraction of sp³-hybridized carbons (Fsp3) is 0.716. The van der Waals surface area contributed by atoms with Crippen molar-refractivity contribution in [1.29, 1.82) is 0 Å². The van der Waals surface area contributed by atoms with E-state index in [9.17, 15) is 14.4 Å². The Kier molecular flexibility index (Phi) is 57.8. The molecule has 0 aromatic rings. The van der Waals surface area contributed by atoms with Crippen LogP contribution in [0.1, 0.15) is 290 Å². The smallest absolute Gasteiger partial charge is 0.306 e. The van der Waals surface area contributed by atoms with Gasteiger partial charge in [-0.05, 0) is 103 Å². The van der Waals surface area contributed by atoms with Crippen LogP contribution in [0.25, 0.3) is 0 Å². The zero-order valence-corrected chi connectivity index (χ0v) is 47.9. The van der Waals surface area contributed by atoms with Crippen molar-refractivity contribution in [2.24, 2.45) is 0 Å². The maximum absolute atomic E-state index is 12.8. The predicted molar refractivity (Wildman–Crippen MR) is 316 cm³/mol. The van der Waals surface area contributed by atoms with Crippen molar-refractivity contribution < 1.29 is 28.6 Å². The maximum atomic E-state index is 12.8. The third-order valence-corrected chi connectivity index (χ3v) is 13.1. The van der Waals surface area contributed by atoms with E-state index >= 15 is 0 Å². The molecule has 0 aliphatic heterocycles. The lowest BCUT2D eigenvalue weighted by molar-refractivity contribution is -0.167. The van der Waals surface area contributed by atoms with Crippen molar-refractivity contribution in [2.45, 2.75) is 297 Å². The molecule has 0 aliphatic carbocycles. The van der Waals surface area contributed by atoms with Gasteiger partial charge in [-0.2, -0.15) is 0 Å². The quantitative estimate of drug-likeness (QED) is 0.0261. The first-order valence-electron chi connectivity index (χ1n) is 30.7. The van der Waals surface area contributed by atoms with Crippen molar-refractivity contribution in [3.05, 3.63) is 97.2 Å². The van der Waals surface area contributed by atoms with Gasteiger partial charge in [-0.3, -0.25) is 14.4 Å². The number of esters is 3. The zero-order chi connectivity index (χ0) is 52.9. The van der Waals surface area contributed by atoms with E-state index in [1.165, 1.54) is 128 Å². The van der Waals surface area contributed by atoms with Gasteiger partial charge in [0.05, 0.1) is 0 Å².